The first-order chi connectivity index (χ1) is 9.40. The Morgan fingerprint density at radius 1 is 1.10 bits per heavy atom. The Morgan fingerprint density at radius 2 is 1.70 bits per heavy atom. The second kappa shape index (κ2) is 7.86. The fourth-order valence-corrected chi connectivity index (χ4v) is 2.23. The molecule has 0 saturated carbocycles. The molecule has 0 atom stereocenters. The molecular weight excluding hydrogens is 278 g/mol. The summed E-state index contributed by atoms with van der Waals surface area (Å²) >= 11 is 0. The van der Waals surface area contributed by atoms with Gasteiger partial charge in [0.05, 0.1) is 6.26 Å². The number of amides is 1. The number of nitrogens with two attached hydrogens (primary N) is 1. The lowest BCUT2D eigenvalue weighted by molar-refractivity contribution is -0.116. The average Bonchev–Trinajstić information content (AvgIpc) is 2.35. The minimum Gasteiger partial charge on any atom is -0.330 e. The topological polar surface area (TPSA) is 101 Å². The summed E-state index contributed by atoms with van der Waals surface area (Å²) in [6, 6.07) is 6.52. The maximum absolute atomic E-state index is 11.6. The number of hydrogen-bond acceptors (Lipinski definition) is 4. The van der Waals surface area contributed by atoms with Gasteiger partial charge in [-0.2, -0.15) is 0 Å². The second-order valence-electron chi connectivity index (χ2n) is 4.60. The van der Waals surface area contributed by atoms with Crippen LogP contribution in [0.3, 0.4) is 0 Å². The van der Waals surface area contributed by atoms with Crippen molar-refractivity contribution in [2.75, 3.05) is 22.8 Å². The van der Waals surface area contributed by atoms with Crippen LogP contribution < -0.4 is 15.8 Å². The summed E-state index contributed by atoms with van der Waals surface area (Å²) in [4.78, 5) is 11.6. The molecule has 0 aliphatic rings. The van der Waals surface area contributed by atoms with Gasteiger partial charge in [0, 0.05) is 17.8 Å². The summed E-state index contributed by atoms with van der Waals surface area (Å²) in [7, 11) is -3.28. The van der Waals surface area contributed by atoms with Crippen molar-refractivity contribution in [2.24, 2.45) is 5.73 Å². The smallest absolute Gasteiger partial charge is 0.229 e. The molecule has 1 aromatic rings. The van der Waals surface area contributed by atoms with Crippen LogP contribution in [0, 0.1) is 0 Å². The zero-order valence-corrected chi connectivity index (χ0v) is 12.4. The summed E-state index contributed by atoms with van der Waals surface area (Å²) in [5.41, 5.74) is 6.49. The van der Waals surface area contributed by atoms with Crippen LogP contribution in [0.2, 0.25) is 0 Å². The van der Waals surface area contributed by atoms with E-state index in [1.807, 2.05) is 0 Å². The Balaban J connectivity index is 2.43. The van der Waals surface area contributed by atoms with Gasteiger partial charge in [-0.25, -0.2) is 8.42 Å². The highest BCUT2D eigenvalue weighted by Gasteiger charge is 2.04. The third-order valence-corrected chi connectivity index (χ3v) is 3.19. The van der Waals surface area contributed by atoms with Gasteiger partial charge in [-0.05, 0) is 43.7 Å². The lowest BCUT2D eigenvalue weighted by Gasteiger charge is -2.07. The lowest BCUT2D eigenvalue weighted by atomic mass is 10.2. The molecule has 0 spiro atoms. The van der Waals surface area contributed by atoms with Crippen molar-refractivity contribution in [1.82, 2.24) is 0 Å². The summed E-state index contributed by atoms with van der Waals surface area (Å²) in [6.45, 7) is 0.649. The molecule has 0 aromatic heterocycles. The molecule has 112 valence electrons. The first-order valence-corrected chi connectivity index (χ1v) is 8.37. The van der Waals surface area contributed by atoms with Crippen LogP contribution in [0.1, 0.15) is 25.7 Å². The fourth-order valence-electron chi connectivity index (χ4n) is 1.67. The van der Waals surface area contributed by atoms with E-state index in [9.17, 15) is 13.2 Å². The van der Waals surface area contributed by atoms with Crippen LogP contribution in [0.25, 0.3) is 0 Å². The summed E-state index contributed by atoms with van der Waals surface area (Å²) in [5.74, 6) is -0.0501. The number of nitrogens with one attached hydrogen (secondary N) is 2. The zero-order valence-electron chi connectivity index (χ0n) is 11.6. The van der Waals surface area contributed by atoms with E-state index < -0.39 is 10.0 Å². The number of carbonyl (C=O) groups excluding carboxylic acids is 1. The molecule has 0 fully saturated rings. The molecule has 1 amide bonds. The summed E-state index contributed by atoms with van der Waals surface area (Å²) < 4.78 is 24.4. The van der Waals surface area contributed by atoms with Gasteiger partial charge < -0.3 is 11.1 Å². The van der Waals surface area contributed by atoms with E-state index in [0.717, 1.165) is 25.5 Å². The average molecular weight is 299 g/mol. The minimum atomic E-state index is -3.28. The quantitative estimate of drug-likeness (QED) is 0.633. The molecule has 0 heterocycles. The van der Waals surface area contributed by atoms with E-state index >= 15 is 0 Å². The van der Waals surface area contributed by atoms with Crippen molar-refractivity contribution in [2.45, 2.75) is 25.7 Å². The normalized spacial score (nSPS) is 11.1. The lowest BCUT2D eigenvalue weighted by Crippen LogP contribution is -2.12. The van der Waals surface area contributed by atoms with Gasteiger partial charge in [-0.3, -0.25) is 9.52 Å². The molecule has 6 nitrogen and oxygen atoms in total. The van der Waals surface area contributed by atoms with E-state index in [4.69, 9.17) is 5.73 Å². The van der Waals surface area contributed by atoms with Gasteiger partial charge in [0.2, 0.25) is 15.9 Å². The molecule has 0 saturated heterocycles. The predicted molar refractivity (Wildman–Crippen MR) is 81.1 cm³/mol. The Kier molecular flexibility index (Phi) is 6.47. The van der Waals surface area contributed by atoms with Crippen LogP contribution in [0.15, 0.2) is 24.3 Å². The van der Waals surface area contributed by atoms with Crippen LogP contribution >= 0.6 is 0 Å². The van der Waals surface area contributed by atoms with Crippen molar-refractivity contribution < 1.29 is 13.2 Å². The largest absolute Gasteiger partial charge is 0.330 e. The van der Waals surface area contributed by atoms with Crippen molar-refractivity contribution in [3.63, 3.8) is 0 Å². The molecule has 4 N–H and O–H groups in total. The minimum absolute atomic E-state index is 0.0501. The summed E-state index contributed by atoms with van der Waals surface area (Å²) in [6.07, 6.45) is 4.24. The predicted octanol–water partition coefficient (Wildman–Crippen LogP) is 1.52. The Bertz CT molecular complexity index is 526. The molecule has 7 heteroatoms. The highest BCUT2D eigenvalue weighted by molar-refractivity contribution is 7.92. The van der Waals surface area contributed by atoms with Gasteiger partial charge in [-0.15, -0.1) is 0 Å². The fraction of sp³-hybridized carbons (Fsp3) is 0.462. The van der Waals surface area contributed by atoms with Gasteiger partial charge >= 0.3 is 0 Å². The first kappa shape index (κ1) is 16.5. The van der Waals surface area contributed by atoms with Crippen LogP contribution in [0.5, 0.6) is 0 Å². The molecule has 0 unspecified atom stereocenters. The highest BCUT2D eigenvalue weighted by Crippen LogP contribution is 2.15. The number of rotatable bonds is 8. The zero-order chi connectivity index (χ0) is 15.0. The van der Waals surface area contributed by atoms with Crippen molar-refractivity contribution in [3.05, 3.63) is 24.3 Å². The molecule has 20 heavy (non-hydrogen) atoms. The Morgan fingerprint density at radius 3 is 2.25 bits per heavy atom. The molecule has 1 rings (SSSR count). The van der Waals surface area contributed by atoms with E-state index in [1.165, 1.54) is 0 Å². The monoisotopic (exact) mass is 299 g/mol. The van der Waals surface area contributed by atoms with Crippen LogP contribution in [-0.4, -0.2) is 27.1 Å². The van der Waals surface area contributed by atoms with Crippen molar-refractivity contribution in [3.8, 4) is 0 Å². The van der Waals surface area contributed by atoms with Crippen molar-refractivity contribution >= 4 is 27.3 Å². The molecular formula is C13H21N3O3S. The standard InChI is InChI=1S/C13H21N3O3S/c1-20(18,19)16-12-8-6-11(7-9-12)15-13(17)5-3-2-4-10-14/h6-9,16H,2-5,10,14H2,1H3,(H,15,17). The Labute approximate surface area is 119 Å². The third-order valence-electron chi connectivity index (χ3n) is 2.58. The van der Waals surface area contributed by atoms with E-state index in [0.29, 0.717) is 24.3 Å². The number of anilines is 2. The highest BCUT2D eigenvalue weighted by atomic mass is 32.2. The molecule has 0 aliphatic heterocycles. The van der Waals surface area contributed by atoms with Gasteiger partial charge in [0.15, 0.2) is 0 Å². The first-order valence-electron chi connectivity index (χ1n) is 6.48. The maximum Gasteiger partial charge on any atom is 0.229 e. The molecule has 0 radical (unpaired) electrons. The number of benzene rings is 1. The van der Waals surface area contributed by atoms with Crippen molar-refractivity contribution in [1.29, 1.82) is 0 Å². The van der Waals surface area contributed by atoms with Crippen LogP contribution in [-0.2, 0) is 14.8 Å². The van der Waals surface area contributed by atoms with Gasteiger partial charge in [0.25, 0.3) is 0 Å². The molecule has 0 aliphatic carbocycles. The third kappa shape index (κ3) is 7.10. The van der Waals surface area contributed by atoms with Gasteiger partial charge in [-0.1, -0.05) is 6.42 Å². The van der Waals surface area contributed by atoms with E-state index in [1.54, 1.807) is 24.3 Å². The van der Waals surface area contributed by atoms with Gasteiger partial charge in [0.1, 0.15) is 0 Å². The maximum atomic E-state index is 11.6. The SMILES string of the molecule is CS(=O)(=O)Nc1ccc(NC(=O)CCCCCN)cc1. The number of carbonyl (C=O) groups is 1. The van der Waals surface area contributed by atoms with Crippen LogP contribution in [0.4, 0.5) is 11.4 Å². The molecule has 1 aromatic carbocycles. The second-order valence-corrected chi connectivity index (χ2v) is 6.35. The summed E-state index contributed by atoms with van der Waals surface area (Å²) in [5, 5.41) is 2.76. The van der Waals surface area contributed by atoms with E-state index in [2.05, 4.69) is 10.0 Å². The number of sulfonamides is 1. The Hall–Kier alpha value is -1.60. The molecule has 0 bridgehead atoms. The number of unbranched alkanes of at least 4 members (excludes halogenated alkanes) is 2. The number of hydrogen-bond donors (Lipinski definition) is 3. The van der Waals surface area contributed by atoms with E-state index in [-0.39, 0.29) is 5.91 Å².